The topological polar surface area (TPSA) is 17.8 Å². The number of benzene rings is 10. The molecule has 2 heteroatoms. The highest BCUT2D eigenvalue weighted by molar-refractivity contribution is 6.25. The molecule has 0 bridgehead atoms. The zero-order valence-electron chi connectivity index (χ0n) is 32.2. The van der Waals surface area contributed by atoms with Crippen molar-refractivity contribution in [1.82, 2.24) is 9.55 Å². The van der Waals surface area contributed by atoms with Crippen LogP contribution in [0.15, 0.2) is 219 Å². The normalized spacial score (nSPS) is 11.7. The van der Waals surface area contributed by atoms with Crippen molar-refractivity contribution >= 4 is 65.0 Å². The molecule has 0 spiro atoms. The lowest BCUT2D eigenvalue weighted by Crippen LogP contribution is -1.95. The first kappa shape index (κ1) is 33.3. The van der Waals surface area contributed by atoms with Gasteiger partial charge in [0.05, 0.1) is 16.6 Å². The standard InChI is InChI=1S/C57H36N2/c1-2-14-37(15-3-1)39-17-12-18-40(34-39)41-29-32-53-52(35-41)57-54(26-13-33-58-57)59(53)43-30-27-38(28-31-43)55-47-22-8-10-24-49(47)56(50-25-11-9-23-48(50)55)51-36-42-16-4-5-19-44(42)45-20-6-7-21-46(45)51/h1-36H. The Balaban J connectivity index is 1.01. The van der Waals surface area contributed by atoms with E-state index in [1.807, 2.05) is 12.3 Å². The molecule has 2 aromatic heterocycles. The molecular weight excluding hydrogens is 713 g/mol. The summed E-state index contributed by atoms with van der Waals surface area (Å²) in [5, 5.41) is 11.2. The quantitative estimate of drug-likeness (QED) is 0.127. The Labute approximate surface area is 341 Å². The maximum atomic E-state index is 4.94. The monoisotopic (exact) mass is 748 g/mol. The van der Waals surface area contributed by atoms with Crippen LogP contribution in [0, 0.1) is 0 Å². The first-order valence-electron chi connectivity index (χ1n) is 20.3. The van der Waals surface area contributed by atoms with E-state index < -0.39 is 0 Å². The molecule has 0 radical (unpaired) electrons. The van der Waals surface area contributed by atoms with Crippen molar-refractivity contribution in [2.75, 3.05) is 0 Å². The molecule has 0 aliphatic rings. The van der Waals surface area contributed by atoms with Gasteiger partial charge in [0.15, 0.2) is 0 Å². The van der Waals surface area contributed by atoms with Gasteiger partial charge in [0.1, 0.15) is 0 Å². The van der Waals surface area contributed by atoms with Crippen molar-refractivity contribution < 1.29 is 0 Å². The third-order valence-electron chi connectivity index (χ3n) is 12.2. The van der Waals surface area contributed by atoms with E-state index in [0.717, 1.165) is 27.6 Å². The van der Waals surface area contributed by atoms with E-state index >= 15 is 0 Å². The summed E-state index contributed by atoms with van der Waals surface area (Å²) in [4.78, 5) is 4.94. The van der Waals surface area contributed by atoms with Crippen LogP contribution in [0.5, 0.6) is 0 Å². The number of aromatic nitrogens is 2. The molecule has 59 heavy (non-hydrogen) atoms. The minimum Gasteiger partial charge on any atom is -0.308 e. The van der Waals surface area contributed by atoms with Crippen LogP contribution in [0.25, 0.3) is 115 Å². The summed E-state index contributed by atoms with van der Waals surface area (Å²) < 4.78 is 2.36. The molecule has 10 aromatic carbocycles. The number of hydrogen-bond donors (Lipinski definition) is 0. The fourth-order valence-corrected chi connectivity index (χ4v) is 9.57. The average molecular weight is 749 g/mol. The van der Waals surface area contributed by atoms with Gasteiger partial charge in [-0.05, 0) is 136 Å². The van der Waals surface area contributed by atoms with E-state index in [0.29, 0.717) is 0 Å². The smallest absolute Gasteiger partial charge is 0.0963 e. The highest BCUT2D eigenvalue weighted by atomic mass is 15.0. The maximum Gasteiger partial charge on any atom is 0.0963 e. The molecule has 0 saturated carbocycles. The molecule has 0 unspecified atom stereocenters. The minimum absolute atomic E-state index is 1.00. The molecule has 12 rings (SSSR count). The fourth-order valence-electron chi connectivity index (χ4n) is 9.57. The summed E-state index contributed by atoms with van der Waals surface area (Å²) in [6, 6.07) is 77.5. The third-order valence-corrected chi connectivity index (χ3v) is 12.2. The van der Waals surface area contributed by atoms with Crippen LogP contribution in [0.3, 0.4) is 0 Å². The maximum absolute atomic E-state index is 4.94. The van der Waals surface area contributed by atoms with E-state index in [1.165, 1.54) is 87.6 Å². The van der Waals surface area contributed by atoms with Gasteiger partial charge in [-0.15, -0.1) is 0 Å². The van der Waals surface area contributed by atoms with Crippen LogP contribution < -0.4 is 0 Å². The highest BCUT2D eigenvalue weighted by Gasteiger charge is 2.20. The van der Waals surface area contributed by atoms with Crippen LogP contribution in [0.1, 0.15) is 0 Å². The molecular formula is C57H36N2. The Hall–Kier alpha value is -7.81. The SMILES string of the molecule is c1ccc(-c2cccc(-c3ccc4c(c3)c3ncccc3n4-c3ccc(-c4c5ccccc5c(-c5cc6ccccc6c6ccccc56)c5ccccc45)cc3)c2)cc1. The second kappa shape index (κ2) is 13.4. The van der Waals surface area contributed by atoms with Crippen molar-refractivity contribution in [3.05, 3.63) is 219 Å². The lowest BCUT2D eigenvalue weighted by molar-refractivity contribution is 1.18. The molecule has 2 nitrogen and oxygen atoms in total. The summed E-state index contributed by atoms with van der Waals surface area (Å²) in [5.74, 6) is 0. The third kappa shape index (κ3) is 5.31. The van der Waals surface area contributed by atoms with Crippen molar-refractivity contribution in [2.24, 2.45) is 0 Å². The second-order valence-electron chi connectivity index (χ2n) is 15.5. The number of pyridine rings is 1. The zero-order valence-corrected chi connectivity index (χ0v) is 32.2. The summed E-state index contributed by atoms with van der Waals surface area (Å²) in [7, 11) is 0. The molecule has 0 aliphatic carbocycles. The second-order valence-corrected chi connectivity index (χ2v) is 15.5. The van der Waals surface area contributed by atoms with Crippen LogP contribution in [0.4, 0.5) is 0 Å². The van der Waals surface area contributed by atoms with Crippen LogP contribution in [-0.4, -0.2) is 9.55 Å². The van der Waals surface area contributed by atoms with Gasteiger partial charge < -0.3 is 4.57 Å². The van der Waals surface area contributed by atoms with Gasteiger partial charge in [-0.3, -0.25) is 4.98 Å². The molecule has 0 atom stereocenters. The number of fused-ring (bicyclic) bond motifs is 8. The van der Waals surface area contributed by atoms with Crippen molar-refractivity contribution in [3.63, 3.8) is 0 Å². The molecule has 0 aliphatic heterocycles. The van der Waals surface area contributed by atoms with Gasteiger partial charge in [0.2, 0.25) is 0 Å². The van der Waals surface area contributed by atoms with Crippen molar-refractivity contribution in [1.29, 1.82) is 0 Å². The van der Waals surface area contributed by atoms with Crippen LogP contribution >= 0.6 is 0 Å². The van der Waals surface area contributed by atoms with Crippen molar-refractivity contribution in [3.8, 4) is 50.2 Å². The first-order chi connectivity index (χ1) is 29.3. The molecule has 274 valence electrons. The van der Waals surface area contributed by atoms with E-state index in [9.17, 15) is 0 Å². The van der Waals surface area contributed by atoms with Gasteiger partial charge >= 0.3 is 0 Å². The summed E-state index contributed by atoms with van der Waals surface area (Å²) in [6.07, 6.45) is 1.90. The molecule has 0 N–H and O–H groups in total. The van der Waals surface area contributed by atoms with Crippen LogP contribution in [-0.2, 0) is 0 Å². The number of nitrogens with zero attached hydrogens (tertiary/aromatic N) is 2. The highest BCUT2D eigenvalue weighted by Crippen LogP contribution is 2.47. The zero-order chi connectivity index (χ0) is 38.9. The van der Waals surface area contributed by atoms with Gasteiger partial charge in [-0.2, -0.15) is 0 Å². The van der Waals surface area contributed by atoms with Crippen molar-refractivity contribution in [2.45, 2.75) is 0 Å². The van der Waals surface area contributed by atoms with E-state index in [2.05, 4.69) is 211 Å². The van der Waals surface area contributed by atoms with E-state index in [-0.39, 0.29) is 0 Å². The van der Waals surface area contributed by atoms with Gasteiger partial charge in [-0.1, -0.05) is 164 Å². The largest absolute Gasteiger partial charge is 0.308 e. The summed E-state index contributed by atoms with van der Waals surface area (Å²) in [6.45, 7) is 0. The Morgan fingerprint density at radius 2 is 0.864 bits per heavy atom. The minimum atomic E-state index is 1.00. The Bertz CT molecular complexity index is 3540. The van der Waals surface area contributed by atoms with Gasteiger partial charge in [-0.25, -0.2) is 0 Å². The summed E-state index contributed by atoms with van der Waals surface area (Å²) in [5.41, 5.74) is 14.1. The van der Waals surface area contributed by atoms with E-state index in [1.54, 1.807) is 0 Å². The molecule has 0 saturated heterocycles. The molecule has 12 aromatic rings. The average Bonchev–Trinajstić information content (AvgIpc) is 3.64. The lowest BCUT2D eigenvalue weighted by Gasteiger charge is -2.20. The Kier molecular flexibility index (Phi) is 7.57. The van der Waals surface area contributed by atoms with Gasteiger partial charge in [0, 0.05) is 17.3 Å². The fraction of sp³-hybridized carbons (Fsp3) is 0. The first-order valence-corrected chi connectivity index (χ1v) is 20.3. The van der Waals surface area contributed by atoms with Gasteiger partial charge in [0.25, 0.3) is 0 Å². The molecule has 2 heterocycles. The number of rotatable bonds is 5. The predicted octanol–water partition coefficient (Wildman–Crippen LogP) is 15.5. The van der Waals surface area contributed by atoms with Crippen LogP contribution in [0.2, 0.25) is 0 Å². The van der Waals surface area contributed by atoms with E-state index in [4.69, 9.17) is 4.98 Å². The lowest BCUT2D eigenvalue weighted by atomic mass is 9.84. The molecule has 0 fully saturated rings. The Morgan fingerprint density at radius 1 is 0.305 bits per heavy atom. The predicted molar refractivity (Wildman–Crippen MR) is 250 cm³/mol. The molecule has 0 amide bonds. The summed E-state index contributed by atoms with van der Waals surface area (Å²) >= 11 is 0. The Morgan fingerprint density at radius 3 is 1.59 bits per heavy atom. The number of hydrogen-bond acceptors (Lipinski definition) is 1.